The number of para-hydroxylation sites is 1. The highest BCUT2D eigenvalue weighted by atomic mass is 35.5. The summed E-state index contributed by atoms with van der Waals surface area (Å²) in [4.78, 5) is 3.13. The monoisotopic (exact) mass is 414 g/mol. The van der Waals surface area contributed by atoms with Crippen molar-refractivity contribution in [3.8, 4) is 5.75 Å². The Morgan fingerprint density at radius 1 is 1.18 bits per heavy atom. The highest BCUT2D eigenvalue weighted by molar-refractivity contribution is 7.80. The highest BCUT2D eigenvalue weighted by Crippen LogP contribution is 2.25. The number of hydrogen-bond acceptors (Lipinski definition) is 3. The van der Waals surface area contributed by atoms with Crippen molar-refractivity contribution in [3.63, 3.8) is 0 Å². The first-order valence-electron chi connectivity index (χ1n) is 9.47. The van der Waals surface area contributed by atoms with Gasteiger partial charge in [0.2, 0.25) is 0 Å². The highest BCUT2D eigenvalue weighted by Gasteiger charge is 2.19. The summed E-state index contributed by atoms with van der Waals surface area (Å²) >= 11 is 11.9. The maximum absolute atomic E-state index is 6.09. The van der Waals surface area contributed by atoms with Crippen LogP contribution in [0.5, 0.6) is 5.75 Å². The lowest BCUT2D eigenvalue weighted by Gasteiger charge is -2.29. The molecular weight excluding hydrogens is 392 g/mol. The molecule has 28 heavy (non-hydrogen) atoms. The Balaban J connectivity index is 1.52. The van der Waals surface area contributed by atoms with Crippen molar-refractivity contribution in [2.75, 3.05) is 32.9 Å². The molecule has 0 radical (unpaired) electrons. The molecule has 1 aliphatic rings. The fraction of sp³-hybridized carbons (Fsp3) is 0.318. The first kappa shape index (κ1) is 19.2. The van der Waals surface area contributed by atoms with Crippen molar-refractivity contribution in [1.82, 2.24) is 9.47 Å². The van der Waals surface area contributed by atoms with Crippen LogP contribution in [0.25, 0.3) is 10.9 Å². The molecule has 146 valence electrons. The van der Waals surface area contributed by atoms with Crippen LogP contribution in [-0.2, 0) is 11.3 Å². The summed E-state index contributed by atoms with van der Waals surface area (Å²) in [5.74, 6) is 0.836. The van der Waals surface area contributed by atoms with Crippen molar-refractivity contribution in [1.29, 1.82) is 0 Å². The van der Waals surface area contributed by atoms with Crippen LogP contribution in [0.4, 0.5) is 0 Å². The number of aromatic nitrogens is 1. The van der Waals surface area contributed by atoms with Crippen LogP contribution in [0.2, 0.25) is 5.02 Å². The molecule has 2 heterocycles. The third-order valence-electron chi connectivity index (χ3n) is 5.05. The lowest BCUT2D eigenvalue weighted by Crippen LogP contribution is -2.40. The molecule has 0 amide bonds. The molecule has 4 rings (SSSR count). The Bertz CT molecular complexity index is 995. The first-order chi connectivity index (χ1) is 13.6. The summed E-state index contributed by atoms with van der Waals surface area (Å²) < 4.78 is 13.6. The van der Waals surface area contributed by atoms with Gasteiger partial charge < -0.3 is 18.9 Å². The van der Waals surface area contributed by atoms with Gasteiger partial charge >= 0.3 is 0 Å². The second-order valence-electron chi connectivity index (χ2n) is 6.92. The zero-order chi connectivity index (χ0) is 19.5. The van der Waals surface area contributed by atoms with E-state index in [4.69, 9.17) is 33.3 Å². The molecule has 0 atom stereocenters. The fourth-order valence-electron chi connectivity index (χ4n) is 3.51. The van der Waals surface area contributed by atoms with E-state index in [0.717, 1.165) is 59.7 Å². The average Bonchev–Trinajstić information content (AvgIpc) is 3.09. The molecular formula is C22H23ClN2O2S. The van der Waals surface area contributed by atoms with Gasteiger partial charge in [-0.3, -0.25) is 0 Å². The summed E-state index contributed by atoms with van der Waals surface area (Å²) in [6.07, 6.45) is 2.15. The molecule has 3 aromatic rings. The van der Waals surface area contributed by atoms with E-state index in [2.05, 4.69) is 39.9 Å². The molecule has 1 fully saturated rings. The Kier molecular flexibility index (Phi) is 5.85. The minimum atomic E-state index is 0.573. The van der Waals surface area contributed by atoms with Crippen LogP contribution < -0.4 is 4.74 Å². The largest absolute Gasteiger partial charge is 0.492 e. The van der Waals surface area contributed by atoms with Crippen molar-refractivity contribution >= 4 is 39.7 Å². The molecule has 0 N–H and O–H groups in total. The van der Waals surface area contributed by atoms with Gasteiger partial charge in [-0.25, -0.2) is 0 Å². The Labute approximate surface area is 175 Å². The second kappa shape index (κ2) is 8.52. The quantitative estimate of drug-likeness (QED) is 0.566. The maximum Gasteiger partial charge on any atom is 0.119 e. The normalized spacial score (nSPS) is 14.4. The van der Waals surface area contributed by atoms with Gasteiger partial charge in [0, 0.05) is 40.8 Å². The molecule has 0 spiro atoms. The van der Waals surface area contributed by atoms with E-state index in [1.54, 1.807) is 0 Å². The van der Waals surface area contributed by atoms with Crippen LogP contribution >= 0.6 is 23.8 Å². The van der Waals surface area contributed by atoms with Crippen LogP contribution in [0.3, 0.4) is 0 Å². The third kappa shape index (κ3) is 4.02. The molecule has 1 aromatic heterocycles. The molecule has 0 bridgehead atoms. The molecule has 0 saturated carbocycles. The van der Waals surface area contributed by atoms with Crippen molar-refractivity contribution < 1.29 is 9.47 Å². The third-order valence-corrected chi connectivity index (χ3v) is 5.95. The van der Waals surface area contributed by atoms with Gasteiger partial charge in [0.05, 0.1) is 19.8 Å². The summed E-state index contributed by atoms with van der Waals surface area (Å²) in [5.41, 5.74) is 3.29. The van der Waals surface area contributed by atoms with Crippen LogP contribution in [-0.4, -0.2) is 47.4 Å². The summed E-state index contributed by atoms with van der Waals surface area (Å²) in [7, 11) is 0. The first-order valence-corrected chi connectivity index (χ1v) is 10.3. The summed E-state index contributed by atoms with van der Waals surface area (Å²) in [5, 5.41) is 1.94. The number of thiocarbonyl (C=S) groups is 1. The smallest absolute Gasteiger partial charge is 0.119 e. The van der Waals surface area contributed by atoms with E-state index in [1.807, 2.05) is 25.1 Å². The molecule has 6 heteroatoms. The summed E-state index contributed by atoms with van der Waals surface area (Å²) in [6, 6.07) is 14.1. The predicted octanol–water partition coefficient (Wildman–Crippen LogP) is 4.69. The van der Waals surface area contributed by atoms with Crippen LogP contribution in [0, 0.1) is 6.92 Å². The van der Waals surface area contributed by atoms with Gasteiger partial charge in [-0.1, -0.05) is 42.0 Å². The zero-order valence-electron chi connectivity index (χ0n) is 15.9. The Morgan fingerprint density at radius 2 is 1.96 bits per heavy atom. The van der Waals surface area contributed by atoms with E-state index in [1.165, 1.54) is 10.9 Å². The Hall–Kier alpha value is -2.08. The summed E-state index contributed by atoms with van der Waals surface area (Å²) in [6.45, 7) is 6.44. The molecule has 2 aromatic carbocycles. The number of benzene rings is 2. The van der Waals surface area contributed by atoms with Crippen molar-refractivity contribution in [2.45, 2.75) is 13.5 Å². The predicted molar refractivity (Wildman–Crippen MR) is 118 cm³/mol. The maximum atomic E-state index is 6.09. The van der Waals surface area contributed by atoms with E-state index >= 15 is 0 Å². The molecule has 1 saturated heterocycles. The molecule has 0 unspecified atom stereocenters. The minimum Gasteiger partial charge on any atom is -0.492 e. The van der Waals surface area contributed by atoms with Gasteiger partial charge in [0.25, 0.3) is 0 Å². The van der Waals surface area contributed by atoms with E-state index < -0.39 is 0 Å². The minimum absolute atomic E-state index is 0.573. The second-order valence-corrected chi connectivity index (χ2v) is 7.71. The number of morpholine rings is 1. The molecule has 4 nitrogen and oxygen atoms in total. The van der Waals surface area contributed by atoms with Gasteiger partial charge in [-0.05, 0) is 36.8 Å². The topological polar surface area (TPSA) is 26.6 Å². The standard InChI is InChI=1S/C22H23ClN2O2S/c1-16-14-17(6-7-20(16)23)27-13-10-25-15-19(18-4-2-3-5-21(18)25)22(28)24-8-11-26-12-9-24/h2-7,14-15H,8-13H2,1H3. The molecule has 0 aliphatic carbocycles. The van der Waals surface area contributed by atoms with Crippen molar-refractivity contribution in [3.05, 3.63) is 64.8 Å². The SMILES string of the molecule is Cc1cc(OCCn2cc(C(=S)N3CCOCC3)c3ccccc32)ccc1Cl. The van der Waals surface area contributed by atoms with E-state index in [-0.39, 0.29) is 0 Å². The van der Waals surface area contributed by atoms with Crippen LogP contribution in [0.15, 0.2) is 48.7 Å². The fourth-order valence-corrected chi connectivity index (χ4v) is 3.97. The van der Waals surface area contributed by atoms with Gasteiger partial charge in [-0.15, -0.1) is 0 Å². The number of halogens is 1. The van der Waals surface area contributed by atoms with Gasteiger partial charge in [-0.2, -0.15) is 0 Å². The van der Waals surface area contributed by atoms with Crippen molar-refractivity contribution in [2.24, 2.45) is 0 Å². The number of ether oxygens (including phenoxy) is 2. The number of aryl methyl sites for hydroxylation is 1. The molecule has 1 aliphatic heterocycles. The van der Waals surface area contributed by atoms with Crippen LogP contribution in [0.1, 0.15) is 11.1 Å². The van der Waals surface area contributed by atoms with Gasteiger partial charge in [0.15, 0.2) is 0 Å². The van der Waals surface area contributed by atoms with Gasteiger partial charge in [0.1, 0.15) is 17.3 Å². The average molecular weight is 415 g/mol. The van der Waals surface area contributed by atoms with E-state index in [0.29, 0.717) is 6.61 Å². The number of hydrogen-bond donors (Lipinski definition) is 0. The number of fused-ring (bicyclic) bond motifs is 1. The number of rotatable bonds is 5. The lowest BCUT2D eigenvalue weighted by molar-refractivity contribution is 0.0693. The number of nitrogens with zero attached hydrogens (tertiary/aromatic N) is 2. The zero-order valence-corrected chi connectivity index (χ0v) is 17.4. The lowest BCUT2D eigenvalue weighted by atomic mass is 10.1. The Morgan fingerprint density at radius 3 is 2.75 bits per heavy atom. The van der Waals surface area contributed by atoms with E-state index in [9.17, 15) is 0 Å².